The van der Waals surface area contributed by atoms with Crippen LogP contribution < -0.4 is 10.6 Å². The Kier molecular flexibility index (Phi) is 5.03. The highest BCUT2D eigenvalue weighted by Crippen LogP contribution is 2.06. The number of hydrogen-bond donors (Lipinski definition) is 2. The summed E-state index contributed by atoms with van der Waals surface area (Å²) in [6.07, 6.45) is 1.84. The van der Waals surface area contributed by atoms with Gasteiger partial charge in [-0.1, -0.05) is 17.7 Å². The van der Waals surface area contributed by atoms with E-state index in [1.807, 2.05) is 62.5 Å². The quantitative estimate of drug-likeness (QED) is 0.674. The molecule has 0 fully saturated rings. The molecule has 0 unspecified atom stereocenters. The maximum absolute atomic E-state index is 12.0. The smallest absolute Gasteiger partial charge is 0.251 e. The first kappa shape index (κ1) is 16.6. The molecule has 0 radical (unpaired) electrons. The standard InChI is InChI=1S/C18H20N6O/c1-13-3-5-15(6-4-13)18(25)20-11-10-19-16-7-8-17(22-21-16)24-12-9-14(2)23-24/h3-9,12H,10-11H2,1-2H3,(H,19,21)(H,20,25). The second-order valence-corrected chi connectivity index (χ2v) is 5.73. The third kappa shape index (κ3) is 4.41. The third-order valence-electron chi connectivity index (χ3n) is 3.64. The van der Waals surface area contributed by atoms with E-state index in [2.05, 4.69) is 25.9 Å². The molecule has 2 N–H and O–H groups in total. The predicted octanol–water partition coefficient (Wildman–Crippen LogP) is 2.12. The van der Waals surface area contributed by atoms with Crippen molar-refractivity contribution in [1.29, 1.82) is 0 Å². The Labute approximate surface area is 146 Å². The molecule has 1 amide bonds. The summed E-state index contributed by atoms with van der Waals surface area (Å²) in [6.45, 7) is 4.97. The average Bonchev–Trinajstić information content (AvgIpc) is 3.06. The van der Waals surface area contributed by atoms with Crippen LogP contribution in [0.15, 0.2) is 48.7 Å². The minimum Gasteiger partial charge on any atom is -0.367 e. The van der Waals surface area contributed by atoms with Gasteiger partial charge in [-0.3, -0.25) is 4.79 Å². The molecule has 2 heterocycles. The highest BCUT2D eigenvalue weighted by Gasteiger charge is 2.04. The average molecular weight is 336 g/mol. The van der Waals surface area contributed by atoms with Gasteiger partial charge in [0.25, 0.3) is 5.91 Å². The molecule has 1 aromatic carbocycles. The highest BCUT2D eigenvalue weighted by molar-refractivity contribution is 5.94. The molecule has 0 aliphatic carbocycles. The minimum atomic E-state index is -0.0858. The summed E-state index contributed by atoms with van der Waals surface area (Å²) in [5, 5.41) is 18.5. The summed E-state index contributed by atoms with van der Waals surface area (Å²) in [4.78, 5) is 12.0. The maximum atomic E-state index is 12.0. The Morgan fingerprint density at radius 2 is 1.80 bits per heavy atom. The van der Waals surface area contributed by atoms with Crippen molar-refractivity contribution in [3.8, 4) is 5.82 Å². The second kappa shape index (κ2) is 7.57. The summed E-state index contributed by atoms with van der Waals surface area (Å²) in [6, 6.07) is 13.1. The van der Waals surface area contributed by atoms with Crippen LogP contribution in [-0.4, -0.2) is 39.0 Å². The van der Waals surface area contributed by atoms with E-state index in [0.717, 1.165) is 11.3 Å². The number of benzene rings is 1. The number of nitrogens with one attached hydrogen (secondary N) is 2. The Morgan fingerprint density at radius 3 is 2.44 bits per heavy atom. The van der Waals surface area contributed by atoms with E-state index in [4.69, 9.17) is 0 Å². The Balaban J connectivity index is 1.46. The highest BCUT2D eigenvalue weighted by atomic mass is 16.1. The summed E-state index contributed by atoms with van der Waals surface area (Å²) < 4.78 is 1.67. The van der Waals surface area contributed by atoms with E-state index < -0.39 is 0 Å². The van der Waals surface area contributed by atoms with Crippen LogP contribution in [0.3, 0.4) is 0 Å². The van der Waals surface area contributed by atoms with Crippen molar-refractivity contribution >= 4 is 11.7 Å². The SMILES string of the molecule is Cc1ccc(C(=O)NCCNc2ccc(-n3ccc(C)n3)nn2)cc1. The molecule has 7 heteroatoms. The zero-order valence-electron chi connectivity index (χ0n) is 14.2. The lowest BCUT2D eigenvalue weighted by atomic mass is 10.1. The van der Waals surface area contributed by atoms with Crippen LogP contribution in [0.4, 0.5) is 5.82 Å². The molecule has 0 bridgehead atoms. The van der Waals surface area contributed by atoms with Crippen molar-refractivity contribution in [1.82, 2.24) is 25.3 Å². The predicted molar refractivity (Wildman–Crippen MR) is 95.9 cm³/mol. The van der Waals surface area contributed by atoms with Crippen molar-refractivity contribution in [3.63, 3.8) is 0 Å². The van der Waals surface area contributed by atoms with Crippen LogP contribution in [0.1, 0.15) is 21.6 Å². The van der Waals surface area contributed by atoms with E-state index in [0.29, 0.717) is 30.3 Å². The van der Waals surface area contributed by atoms with Gasteiger partial charge < -0.3 is 10.6 Å². The lowest BCUT2D eigenvalue weighted by molar-refractivity contribution is 0.0955. The van der Waals surface area contributed by atoms with E-state index in [-0.39, 0.29) is 5.91 Å². The van der Waals surface area contributed by atoms with Crippen LogP contribution in [0, 0.1) is 13.8 Å². The van der Waals surface area contributed by atoms with Gasteiger partial charge >= 0.3 is 0 Å². The molecule has 25 heavy (non-hydrogen) atoms. The molecule has 0 atom stereocenters. The Hall–Kier alpha value is -3.22. The molecule has 3 aromatic rings. The number of anilines is 1. The van der Waals surface area contributed by atoms with Gasteiger partial charge in [0.2, 0.25) is 0 Å². The largest absolute Gasteiger partial charge is 0.367 e. The minimum absolute atomic E-state index is 0.0858. The van der Waals surface area contributed by atoms with Crippen molar-refractivity contribution in [2.24, 2.45) is 0 Å². The van der Waals surface area contributed by atoms with Gasteiger partial charge in [0.1, 0.15) is 5.82 Å². The first-order valence-corrected chi connectivity index (χ1v) is 8.07. The third-order valence-corrected chi connectivity index (χ3v) is 3.64. The monoisotopic (exact) mass is 336 g/mol. The van der Waals surface area contributed by atoms with Gasteiger partial charge in [-0.25, -0.2) is 4.68 Å². The molecule has 128 valence electrons. The molecular weight excluding hydrogens is 316 g/mol. The summed E-state index contributed by atoms with van der Waals surface area (Å²) in [7, 11) is 0. The fourth-order valence-electron chi connectivity index (χ4n) is 2.26. The molecule has 0 spiro atoms. The fourth-order valence-corrected chi connectivity index (χ4v) is 2.26. The van der Waals surface area contributed by atoms with Gasteiger partial charge in [-0.05, 0) is 44.2 Å². The number of carbonyl (C=O) groups is 1. The number of aromatic nitrogens is 4. The van der Waals surface area contributed by atoms with Crippen LogP contribution in [0.5, 0.6) is 0 Å². The van der Waals surface area contributed by atoms with Crippen molar-refractivity contribution in [2.75, 3.05) is 18.4 Å². The van der Waals surface area contributed by atoms with E-state index in [1.165, 1.54) is 0 Å². The molecule has 7 nitrogen and oxygen atoms in total. The van der Waals surface area contributed by atoms with Crippen molar-refractivity contribution in [3.05, 3.63) is 65.5 Å². The first-order valence-electron chi connectivity index (χ1n) is 8.07. The lowest BCUT2D eigenvalue weighted by Crippen LogP contribution is -2.28. The second-order valence-electron chi connectivity index (χ2n) is 5.73. The molecular formula is C18H20N6O. The molecule has 0 aliphatic rings. The Bertz CT molecular complexity index is 839. The van der Waals surface area contributed by atoms with Crippen LogP contribution >= 0.6 is 0 Å². The number of amides is 1. The lowest BCUT2D eigenvalue weighted by Gasteiger charge is -2.08. The van der Waals surface area contributed by atoms with E-state index in [9.17, 15) is 4.79 Å². The number of nitrogens with zero attached hydrogens (tertiary/aromatic N) is 4. The van der Waals surface area contributed by atoms with Crippen molar-refractivity contribution < 1.29 is 4.79 Å². The zero-order chi connectivity index (χ0) is 17.6. The van der Waals surface area contributed by atoms with Crippen LogP contribution in [-0.2, 0) is 0 Å². The maximum Gasteiger partial charge on any atom is 0.251 e. The normalized spacial score (nSPS) is 10.5. The van der Waals surface area contributed by atoms with Crippen LogP contribution in [0.25, 0.3) is 5.82 Å². The van der Waals surface area contributed by atoms with Crippen molar-refractivity contribution in [2.45, 2.75) is 13.8 Å². The number of rotatable bonds is 6. The number of hydrogen-bond acceptors (Lipinski definition) is 5. The molecule has 3 rings (SSSR count). The van der Waals surface area contributed by atoms with Gasteiger partial charge in [-0.15, -0.1) is 10.2 Å². The molecule has 0 aliphatic heterocycles. The molecule has 2 aromatic heterocycles. The number of aryl methyl sites for hydroxylation is 2. The van der Waals surface area contributed by atoms with Gasteiger partial charge in [0, 0.05) is 24.8 Å². The molecule has 0 saturated carbocycles. The van der Waals surface area contributed by atoms with E-state index in [1.54, 1.807) is 4.68 Å². The van der Waals surface area contributed by atoms with Crippen LogP contribution in [0.2, 0.25) is 0 Å². The summed E-state index contributed by atoms with van der Waals surface area (Å²) in [5.41, 5.74) is 2.71. The van der Waals surface area contributed by atoms with E-state index >= 15 is 0 Å². The summed E-state index contributed by atoms with van der Waals surface area (Å²) >= 11 is 0. The Morgan fingerprint density at radius 1 is 1.00 bits per heavy atom. The first-order chi connectivity index (χ1) is 12.1. The summed E-state index contributed by atoms with van der Waals surface area (Å²) in [5.74, 6) is 1.22. The van der Waals surface area contributed by atoms with Gasteiger partial charge in [-0.2, -0.15) is 5.10 Å². The fraction of sp³-hybridized carbons (Fsp3) is 0.222. The zero-order valence-corrected chi connectivity index (χ0v) is 14.2. The number of carbonyl (C=O) groups excluding carboxylic acids is 1. The van der Waals surface area contributed by atoms with Gasteiger partial charge in [0.15, 0.2) is 5.82 Å². The molecule has 0 saturated heterocycles. The topological polar surface area (TPSA) is 84.7 Å². The van der Waals surface area contributed by atoms with Gasteiger partial charge in [0.05, 0.1) is 5.69 Å².